The van der Waals surface area contributed by atoms with Crippen LogP contribution in [0, 0.1) is 0 Å². The lowest BCUT2D eigenvalue weighted by molar-refractivity contribution is -0.402. The van der Waals surface area contributed by atoms with Crippen molar-refractivity contribution in [3.8, 4) is 0 Å². The van der Waals surface area contributed by atoms with Gasteiger partial charge in [0.1, 0.15) is 0 Å². The predicted molar refractivity (Wildman–Crippen MR) is 21.8 cm³/mol. The SMILES string of the molecule is FC(F)(F)C1(F)OCCO1. The van der Waals surface area contributed by atoms with Crippen molar-refractivity contribution in [2.24, 2.45) is 0 Å². The lowest BCUT2D eigenvalue weighted by atomic mass is 10.6. The van der Waals surface area contributed by atoms with Gasteiger partial charge in [-0.1, -0.05) is 0 Å². The smallest absolute Gasteiger partial charge is 0.314 e. The van der Waals surface area contributed by atoms with Gasteiger partial charge in [0.15, 0.2) is 0 Å². The summed E-state index contributed by atoms with van der Waals surface area (Å²) < 4.78 is 54.2. The third-order valence-electron chi connectivity index (χ3n) is 0.997. The topological polar surface area (TPSA) is 18.5 Å². The Balaban J connectivity index is 2.67. The highest BCUT2D eigenvalue weighted by atomic mass is 19.4. The highest BCUT2D eigenvalue weighted by molar-refractivity contribution is 4.69. The third-order valence-corrected chi connectivity index (χ3v) is 0.997. The van der Waals surface area contributed by atoms with Crippen LogP contribution < -0.4 is 0 Å². The first-order valence-electron chi connectivity index (χ1n) is 2.49. The molecule has 0 aromatic carbocycles. The van der Waals surface area contributed by atoms with Crippen molar-refractivity contribution >= 4 is 0 Å². The fraction of sp³-hybridized carbons (Fsp3) is 1.00. The lowest BCUT2D eigenvalue weighted by Crippen LogP contribution is -2.41. The van der Waals surface area contributed by atoms with Crippen molar-refractivity contribution in [2.45, 2.75) is 12.2 Å². The minimum Gasteiger partial charge on any atom is -0.314 e. The standard InChI is InChI=1S/C4H4F4O2/c5-3(6,7)4(8)9-1-2-10-4/h1-2H2. The van der Waals surface area contributed by atoms with Crippen LogP contribution in [0.25, 0.3) is 0 Å². The van der Waals surface area contributed by atoms with E-state index in [1.54, 1.807) is 0 Å². The van der Waals surface area contributed by atoms with Gasteiger partial charge in [0.2, 0.25) is 0 Å². The molecule has 10 heavy (non-hydrogen) atoms. The van der Waals surface area contributed by atoms with E-state index in [2.05, 4.69) is 9.47 Å². The highest BCUT2D eigenvalue weighted by Gasteiger charge is 2.61. The van der Waals surface area contributed by atoms with Gasteiger partial charge in [-0.25, -0.2) is 0 Å². The minimum absolute atomic E-state index is 0.365. The third kappa shape index (κ3) is 1.08. The first-order chi connectivity index (χ1) is 4.46. The molecule has 6 heteroatoms. The van der Waals surface area contributed by atoms with Crippen molar-refractivity contribution in [3.05, 3.63) is 0 Å². The fourth-order valence-corrected chi connectivity index (χ4v) is 0.551. The summed E-state index contributed by atoms with van der Waals surface area (Å²) in [5, 5.41) is 0. The Morgan fingerprint density at radius 2 is 1.50 bits per heavy atom. The molecule has 0 unspecified atom stereocenters. The lowest BCUT2D eigenvalue weighted by Gasteiger charge is -2.19. The molecule has 0 N–H and O–H groups in total. The summed E-state index contributed by atoms with van der Waals surface area (Å²) in [6.45, 7) is -0.730. The van der Waals surface area contributed by atoms with Gasteiger partial charge < -0.3 is 9.47 Å². The number of halogens is 4. The summed E-state index contributed by atoms with van der Waals surface area (Å²) in [5.74, 6) is 0. The molecule has 1 fully saturated rings. The average Bonchev–Trinajstić information content (AvgIpc) is 2.13. The molecule has 0 aromatic rings. The second kappa shape index (κ2) is 2.06. The molecule has 0 spiro atoms. The Kier molecular flexibility index (Phi) is 1.60. The van der Waals surface area contributed by atoms with Crippen molar-refractivity contribution in [2.75, 3.05) is 13.2 Å². The number of ether oxygens (including phenoxy) is 2. The van der Waals surface area contributed by atoms with E-state index in [1.807, 2.05) is 0 Å². The summed E-state index contributed by atoms with van der Waals surface area (Å²) in [4.78, 5) is 0. The van der Waals surface area contributed by atoms with Crippen LogP contribution >= 0.6 is 0 Å². The molecule has 2 nitrogen and oxygen atoms in total. The van der Waals surface area contributed by atoms with Crippen LogP contribution in [0.2, 0.25) is 0 Å². The van der Waals surface area contributed by atoms with Crippen LogP contribution in [0.4, 0.5) is 17.6 Å². The molecule has 1 saturated heterocycles. The molecule has 0 aliphatic carbocycles. The number of alkyl halides is 4. The van der Waals surface area contributed by atoms with E-state index < -0.39 is 12.2 Å². The second-order valence-corrected chi connectivity index (χ2v) is 1.73. The summed E-state index contributed by atoms with van der Waals surface area (Å²) in [6.07, 6.45) is -5.09. The highest BCUT2D eigenvalue weighted by Crippen LogP contribution is 2.38. The summed E-state index contributed by atoms with van der Waals surface area (Å²) in [5.41, 5.74) is 0. The predicted octanol–water partition coefficient (Wildman–Crippen LogP) is 1.22. The summed E-state index contributed by atoms with van der Waals surface area (Å²) in [6, 6.07) is -3.87. The van der Waals surface area contributed by atoms with Crippen LogP contribution in [0.3, 0.4) is 0 Å². The summed E-state index contributed by atoms with van der Waals surface area (Å²) in [7, 11) is 0. The molecule has 0 radical (unpaired) electrons. The zero-order valence-electron chi connectivity index (χ0n) is 4.74. The Hall–Kier alpha value is -0.360. The Morgan fingerprint density at radius 1 is 1.10 bits per heavy atom. The number of hydrogen-bond acceptors (Lipinski definition) is 2. The molecule has 1 aliphatic heterocycles. The van der Waals surface area contributed by atoms with Gasteiger partial charge in [-0.15, -0.1) is 0 Å². The van der Waals surface area contributed by atoms with Gasteiger partial charge in [0.05, 0.1) is 13.2 Å². The molecule has 0 amide bonds. The maximum atomic E-state index is 12.2. The molecular weight excluding hydrogens is 156 g/mol. The van der Waals surface area contributed by atoms with Gasteiger partial charge in [0, 0.05) is 0 Å². The fourth-order valence-electron chi connectivity index (χ4n) is 0.551. The van der Waals surface area contributed by atoms with Gasteiger partial charge in [0.25, 0.3) is 0 Å². The first kappa shape index (κ1) is 7.74. The monoisotopic (exact) mass is 160 g/mol. The number of rotatable bonds is 0. The van der Waals surface area contributed by atoms with Crippen LogP contribution in [0.15, 0.2) is 0 Å². The molecule has 1 rings (SSSR count). The average molecular weight is 160 g/mol. The maximum absolute atomic E-state index is 12.2. The molecule has 0 saturated carbocycles. The Bertz CT molecular complexity index is 126. The van der Waals surface area contributed by atoms with Crippen LogP contribution in [0.5, 0.6) is 0 Å². The van der Waals surface area contributed by atoms with E-state index in [0.29, 0.717) is 0 Å². The van der Waals surface area contributed by atoms with E-state index in [4.69, 9.17) is 0 Å². The quantitative estimate of drug-likeness (QED) is 0.496. The van der Waals surface area contributed by atoms with Crippen LogP contribution in [-0.4, -0.2) is 25.4 Å². The van der Waals surface area contributed by atoms with Crippen molar-refractivity contribution in [3.63, 3.8) is 0 Å². The normalized spacial score (nSPS) is 25.2. The molecular formula is C4H4F4O2. The van der Waals surface area contributed by atoms with E-state index in [0.717, 1.165) is 0 Å². The minimum atomic E-state index is -5.09. The Morgan fingerprint density at radius 3 is 1.70 bits per heavy atom. The van der Waals surface area contributed by atoms with E-state index in [9.17, 15) is 17.6 Å². The molecule has 1 heterocycles. The molecule has 0 aromatic heterocycles. The molecule has 0 atom stereocenters. The van der Waals surface area contributed by atoms with Crippen molar-refractivity contribution in [1.29, 1.82) is 0 Å². The molecule has 1 aliphatic rings. The van der Waals surface area contributed by atoms with Crippen LogP contribution in [0.1, 0.15) is 0 Å². The number of hydrogen-bond donors (Lipinski definition) is 0. The van der Waals surface area contributed by atoms with Crippen molar-refractivity contribution in [1.82, 2.24) is 0 Å². The Labute approximate surface area is 53.7 Å². The van der Waals surface area contributed by atoms with Gasteiger partial charge in [-0.3, -0.25) is 0 Å². The van der Waals surface area contributed by atoms with E-state index in [1.165, 1.54) is 0 Å². The van der Waals surface area contributed by atoms with Crippen LogP contribution in [-0.2, 0) is 9.47 Å². The second-order valence-electron chi connectivity index (χ2n) is 1.73. The van der Waals surface area contributed by atoms with Gasteiger partial charge >= 0.3 is 12.2 Å². The van der Waals surface area contributed by atoms with Crippen molar-refractivity contribution < 1.29 is 27.0 Å². The van der Waals surface area contributed by atoms with E-state index in [-0.39, 0.29) is 13.2 Å². The van der Waals surface area contributed by atoms with E-state index >= 15 is 0 Å². The van der Waals surface area contributed by atoms with Gasteiger partial charge in [-0.05, 0) is 0 Å². The summed E-state index contributed by atoms with van der Waals surface area (Å²) >= 11 is 0. The molecule has 0 bridgehead atoms. The maximum Gasteiger partial charge on any atom is 0.478 e. The molecule has 60 valence electrons. The zero-order chi connectivity index (χ0) is 7.83. The largest absolute Gasteiger partial charge is 0.478 e. The zero-order valence-corrected chi connectivity index (χ0v) is 4.74. The first-order valence-corrected chi connectivity index (χ1v) is 2.49. The van der Waals surface area contributed by atoms with Gasteiger partial charge in [-0.2, -0.15) is 17.6 Å².